The van der Waals surface area contributed by atoms with Gasteiger partial charge in [0, 0.05) is 30.8 Å². The van der Waals surface area contributed by atoms with Crippen molar-refractivity contribution >= 4 is 5.71 Å². The zero-order valence-electron chi connectivity index (χ0n) is 20.0. The average Bonchev–Trinajstić information content (AvgIpc) is 3.16. The van der Waals surface area contributed by atoms with Crippen molar-refractivity contribution in [2.45, 2.75) is 70.6 Å². The van der Waals surface area contributed by atoms with Crippen molar-refractivity contribution < 1.29 is 19.7 Å². The Kier molecular flexibility index (Phi) is 5.07. The van der Waals surface area contributed by atoms with Crippen LogP contribution >= 0.6 is 0 Å². The summed E-state index contributed by atoms with van der Waals surface area (Å²) in [4.78, 5) is 0. The van der Waals surface area contributed by atoms with Gasteiger partial charge in [-0.05, 0) is 50.0 Å². The summed E-state index contributed by atoms with van der Waals surface area (Å²) in [7, 11) is 3.72. The van der Waals surface area contributed by atoms with Gasteiger partial charge in [0.15, 0.2) is 6.29 Å². The van der Waals surface area contributed by atoms with Gasteiger partial charge in [0.2, 0.25) is 0 Å². The van der Waals surface area contributed by atoms with Crippen molar-refractivity contribution in [2.75, 3.05) is 20.7 Å². The molecular weight excluding hydrogens is 404 g/mol. The normalized spacial score (nSPS) is 49.8. The number of ether oxygens (including phenoxy) is 2. The van der Waals surface area contributed by atoms with Crippen molar-refractivity contribution in [2.24, 2.45) is 33.7 Å². The lowest BCUT2D eigenvalue weighted by molar-refractivity contribution is -0.171. The molecule has 2 N–H and O–H groups in total. The minimum Gasteiger partial charge on any atom is -0.393 e. The number of hydrazone groups is 1. The first-order chi connectivity index (χ1) is 15.1. The molecule has 0 aromatic carbocycles. The molecule has 1 aliphatic heterocycles. The van der Waals surface area contributed by atoms with E-state index in [-0.39, 0.29) is 35.7 Å². The molecule has 6 heteroatoms. The summed E-state index contributed by atoms with van der Waals surface area (Å²) in [6.07, 6.45) is 9.15. The van der Waals surface area contributed by atoms with Gasteiger partial charge in [0.1, 0.15) is 5.60 Å². The standard InChI is InChI=1S/C26H38N2O4/c1-15-9-10-24(3)17(11-15)7-8-18-19-12-22-26(32-16(2)31-22,21(14-29)27-28(5)6)25(19,4)13-20(30)23(18)24/h9-11,16,18-20,22-23,29-30H,1,7-8,12-14H2,2-6H3/t16?,18-,19-,20-,22+,23+,24-,25-,26+/m0/s1. The third kappa shape index (κ3) is 2.76. The number of hydrogen-bond acceptors (Lipinski definition) is 6. The minimum absolute atomic E-state index is 0.151. The number of nitrogens with zero attached hydrogens (tertiary/aromatic N) is 2. The maximum absolute atomic E-state index is 11.7. The molecule has 4 aliphatic carbocycles. The maximum Gasteiger partial charge on any atom is 0.156 e. The summed E-state index contributed by atoms with van der Waals surface area (Å²) in [5.41, 5.74) is 1.71. The molecule has 32 heavy (non-hydrogen) atoms. The van der Waals surface area contributed by atoms with Gasteiger partial charge < -0.3 is 24.7 Å². The second kappa shape index (κ2) is 7.26. The first-order valence-electron chi connectivity index (χ1n) is 12.0. The fourth-order valence-corrected chi connectivity index (χ4v) is 8.31. The highest BCUT2D eigenvalue weighted by molar-refractivity contribution is 5.96. The predicted molar refractivity (Wildman–Crippen MR) is 124 cm³/mol. The van der Waals surface area contributed by atoms with Gasteiger partial charge in [-0.15, -0.1) is 0 Å². The first kappa shape index (κ1) is 22.3. The van der Waals surface area contributed by atoms with Gasteiger partial charge in [0.25, 0.3) is 0 Å². The highest BCUT2D eigenvalue weighted by Gasteiger charge is 2.74. The fraction of sp³-hybridized carbons (Fsp3) is 0.731. The molecule has 5 rings (SSSR count). The van der Waals surface area contributed by atoms with Crippen LogP contribution in [-0.2, 0) is 9.47 Å². The molecule has 176 valence electrons. The van der Waals surface area contributed by atoms with E-state index in [1.807, 2.05) is 21.0 Å². The Morgan fingerprint density at radius 2 is 2.09 bits per heavy atom. The fourth-order valence-electron chi connectivity index (χ4n) is 8.31. The Bertz CT molecular complexity index is 910. The lowest BCUT2D eigenvalue weighted by Gasteiger charge is -2.60. The first-order valence-corrected chi connectivity index (χ1v) is 12.0. The van der Waals surface area contributed by atoms with Crippen molar-refractivity contribution in [3.63, 3.8) is 0 Å². The number of aliphatic hydroxyl groups excluding tert-OH is 2. The van der Waals surface area contributed by atoms with Gasteiger partial charge in [0.05, 0.1) is 24.5 Å². The Balaban J connectivity index is 1.60. The van der Waals surface area contributed by atoms with Crippen molar-refractivity contribution in [3.05, 3.63) is 36.0 Å². The third-order valence-corrected chi connectivity index (χ3v) is 9.36. The van der Waals surface area contributed by atoms with Gasteiger partial charge >= 0.3 is 0 Å². The van der Waals surface area contributed by atoms with Crippen LogP contribution in [0.1, 0.15) is 46.5 Å². The predicted octanol–water partition coefficient (Wildman–Crippen LogP) is 3.27. The molecule has 0 bridgehead atoms. The Labute approximate surface area is 191 Å². The van der Waals surface area contributed by atoms with Crippen LogP contribution in [0, 0.1) is 28.6 Å². The molecule has 1 unspecified atom stereocenters. The Morgan fingerprint density at radius 3 is 2.78 bits per heavy atom. The summed E-state index contributed by atoms with van der Waals surface area (Å²) in [5, 5.41) is 28.5. The highest BCUT2D eigenvalue weighted by atomic mass is 16.7. The Hall–Kier alpha value is -1.47. The SMILES string of the molecule is C=C1C=C[C@@]2(C)C(=C1)CC[C@@H]1[C@@H]2[C@@H](O)C[C@@]2(C)[C@H]1C[C@H]1OC(C)O[C@]12C(CO)=NN(C)C. The lowest BCUT2D eigenvalue weighted by atomic mass is 9.46. The van der Waals surface area contributed by atoms with Crippen LogP contribution in [0.5, 0.6) is 0 Å². The zero-order chi connectivity index (χ0) is 23.1. The van der Waals surface area contributed by atoms with Crippen molar-refractivity contribution in [1.29, 1.82) is 0 Å². The molecule has 9 atom stereocenters. The summed E-state index contributed by atoms with van der Waals surface area (Å²) in [6.45, 7) is 10.4. The van der Waals surface area contributed by atoms with Crippen LogP contribution in [0.25, 0.3) is 0 Å². The molecule has 0 aromatic rings. The van der Waals surface area contributed by atoms with Gasteiger partial charge in [-0.1, -0.05) is 44.2 Å². The van der Waals surface area contributed by atoms with Crippen LogP contribution < -0.4 is 0 Å². The molecule has 6 nitrogen and oxygen atoms in total. The average molecular weight is 443 g/mol. The van der Waals surface area contributed by atoms with Gasteiger partial charge in [-0.25, -0.2) is 0 Å². The summed E-state index contributed by atoms with van der Waals surface area (Å²) in [6, 6.07) is 0. The smallest absolute Gasteiger partial charge is 0.156 e. The van der Waals surface area contributed by atoms with Gasteiger partial charge in [-0.3, -0.25) is 0 Å². The number of allylic oxidation sites excluding steroid dienone is 5. The largest absolute Gasteiger partial charge is 0.393 e. The van der Waals surface area contributed by atoms with E-state index in [1.165, 1.54) is 5.57 Å². The summed E-state index contributed by atoms with van der Waals surface area (Å²) < 4.78 is 12.9. The van der Waals surface area contributed by atoms with Crippen LogP contribution in [0.4, 0.5) is 0 Å². The van der Waals surface area contributed by atoms with Crippen molar-refractivity contribution in [1.82, 2.24) is 5.01 Å². The zero-order valence-corrected chi connectivity index (χ0v) is 20.0. The molecular formula is C26H38N2O4. The Morgan fingerprint density at radius 1 is 1.34 bits per heavy atom. The molecule has 4 fully saturated rings. The van der Waals surface area contributed by atoms with E-state index < -0.39 is 11.7 Å². The number of fused-ring (bicyclic) bond motifs is 7. The number of rotatable bonds is 3. The van der Waals surface area contributed by atoms with E-state index >= 15 is 0 Å². The molecule has 0 aromatic heterocycles. The monoisotopic (exact) mass is 442 g/mol. The van der Waals surface area contributed by atoms with E-state index in [9.17, 15) is 10.2 Å². The van der Waals surface area contributed by atoms with Crippen LogP contribution in [0.3, 0.4) is 0 Å². The third-order valence-electron chi connectivity index (χ3n) is 9.36. The molecule has 0 radical (unpaired) electrons. The van der Waals surface area contributed by atoms with Crippen molar-refractivity contribution in [3.8, 4) is 0 Å². The highest BCUT2D eigenvalue weighted by Crippen LogP contribution is 2.69. The quantitative estimate of drug-likeness (QED) is 0.518. The lowest BCUT2D eigenvalue weighted by Crippen LogP contribution is -2.63. The molecule has 0 spiro atoms. The van der Waals surface area contributed by atoms with Crippen LogP contribution in [0.2, 0.25) is 0 Å². The maximum atomic E-state index is 11.7. The van der Waals surface area contributed by atoms with E-state index in [2.05, 4.69) is 43.8 Å². The van der Waals surface area contributed by atoms with E-state index in [0.29, 0.717) is 24.0 Å². The van der Waals surface area contributed by atoms with Crippen LogP contribution in [0.15, 0.2) is 41.1 Å². The number of aliphatic hydroxyl groups is 2. The van der Waals surface area contributed by atoms with E-state index in [1.54, 1.807) is 5.01 Å². The molecule has 1 saturated heterocycles. The van der Waals surface area contributed by atoms with E-state index in [4.69, 9.17) is 9.47 Å². The number of hydrogen-bond donors (Lipinski definition) is 2. The second-order valence-electron chi connectivity index (χ2n) is 11.2. The minimum atomic E-state index is -0.824. The molecule has 5 aliphatic rings. The summed E-state index contributed by atoms with van der Waals surface area (Å²) in [5.74, 6) is 0.831. The molecule has 3 saturated carbocycles. The van der Waals surface area contributed by atoms with Gasteiger partial charge in [-0.2, -0.15) is 5.10 Å². The van der Waals surface area contributed by atoms with Crippen LogP contribution in [-0.4, -0.2) is 65.7 Å². The second-order valence-corrected chi connectivity index (χ2v) is 11.2. The molecule has 1 heterocycles. The topological polar surface area (TPSA) is 74.5 Å². The van der Waals surface area contributed by atoms with E-state index in [0.717, 1.165) is 24.8 Å². The summed E-state index contributed by atoms with van der Waals surface area (Å²) >= 11 is 0. The molecule has 0 amide bonds.